The summed E-state index contributed by atoms with van der Waals surface area (Å²) in [5.74, 6) is -1.95. The van der Waals surface area contributed by atoms with Crippen molar-refractivity contribution in [2.75, 3.05) is 6.61 Å². The van der Waals surface area contributed by atoms with Crippen molar-refractivity contribution in [3.05, 3.63) is 34.9 Å². The maximum atomic E-state index is 12.5. The van der Waals surface area contributed by atoms with Crippen molar-refractivity contribution in [3.8, 4) is 0 Å². The molecule has 0 N–H and O–H groups in total. The number of rotatable bonds is 4. The van der Waals surface area contributed by atoms with Gasteiger partial charge in [-0.25, -0.2) is 0 Å². The zero-order valence-corrected chi connectivity index (χ0v) is 14.8. The fourth-order valence-electron chi connectivity index (χ4n) is 4.25. The van der Waals surface area contributed by atoms with Crippen molar-refractivity contribution in [1.82, 2.24) is 0 Å². The molecule has 4 rings (SSSR count). The molecule has 0 unspecified atom stereocenters. The van der Waals surface area contributed by atoms with Gasteiger partial charge in [-0.15, -0.1) is 0 Å². The molecule has 6 atom stereocenters. The number of carbonyl (C=O) groups is 3. The number of fused-ring (bicyclic) bond motifs is 1. The fraction of sp³-hybridized carbons (Fsp3) is 0.471. The van der Waals surface area contributed by atoms with Gasteiger partial charge in [-0.05, 0) is 36.6 Å². The SMILES string of the molecule is O=C(COC(=O)[C@@H]1[C@H]2C[C@H]3[C@H](OC(=O)[C@@H]31)[C@H]2Br)c1ccc(Cl)cc1. The topological polar surface area (TPSA) is 69.7 Å². The average molecular weight is 414 g/mol. The number of ether oxygens (including phenoxy) is 2. The van der Waals surface area contributed by atoms with E-state index in [0.29, 0.717) is 10.6 Å². The molecule has 0 radical (unpaired) electrons. The Morgan fingerprint density at radius 2 is 1.96 bits per heavy atom. The van der Waals surface area contributed by atoms with Crippen LogP contribution < -0.4 is 0 Å². The molecule has 0 amide bonds. The Morgan fingerprint density at radius 3 is 2.67 bits per heavy atom. The van der Waals surface area contributed by atoms with Crippen LogP contribution in [0.2, 0.25) is 5.02 Å². The van der Waals surface area contributed by atoms with Gasteiger partial charge in [-0.1, -0.05) is 27.5 Å². The second-order valence-corrected chi connectivity index (χ2v) is 7.99. The summed E-state index contributed by atoms with van der Waals surface area (Å²) in [7, 11) is 0. The van der Waals surface area contributed by atoms with Crippen LogP contribution in [-0.2, 0) is 19.1 Å². The minimum atomic E-state index is -0.524. The monoisotopic (exact) mass is 412 g/mol. The average Bonchev–Trinajstić information content (AvgIpc) is 3.17. The number of hydrogen-bond donors (Lipinski definition) is 0. The van der Waals surface area contributed by atoms with Crippen molar-refractivity contribution in [1.29, 1.82) is 0 Å². The largest absolute Gasteiger partial charge is 0.461 e. The molecule has 1 heterocycles. The molecular weight excluding hydrogens is 400 g/mol. The first-order chi connectivity index (χ1) is 11.5. The van der Waals surface area contributed by atoms with Crippen molar-refractivity contribution in [3.63, 3.8) is 0 Å². The summed E-state index contributed by atoms with van der Waals surface area (Å²) in [5.41, 5.74) is 0.429. The van der Waals surface area contributed by atoms with Crippen molar-refractivity contribution >= 4 is 45.3 Å². The van der Waals surface area contributed by atoms with Gasteiger partial charge in [0, 0.05) is 16.5 Å². The Bertz CT molecular complexity index is 718. The zero-order valence-electron chi connectivity index (χ0n) is 12.5. The molecule has 1 aromatic rings. The van der Waals surface area contributed by atoms with Crippen LogP contribution in [-0.4, -0.2) is 35.3 Å². The normalized spacial score (nSPS) is 35.8. The number of alkyl halides is 1. The lowest BCUT2D eigenvalue weighted by Crippen LogP contribution is -2.39. The van der Waals surface area contributed by atoms with E-state index in [1.807, 2.05) is 0 Å². The van der Waals surface area contributed by atoms with Crippen LogP contribution in [0, 0.1) is 23.7 Å². The summed E-state index contributed by atoms with van der Waals surface area (Å²) in [4.78, 5) is 36.6. The minimum absolute atomic E-state index is 0.0188. The summed E-state index contributed by atoms with van der Waals surface area (Å²) in [6.45, 7) is -0.341. The Labute approximate surface area is 151 Å². The summed E-state index contributed by atoms with van der Waals surface area (Å²) in [5, 5.41) is 0.531. The molecular formula is C17H14BrClO5. The molecule has 126 valence electrons. The van der Waals surface area contributed by atoms with E-state index in [4.69, 9.17) is 21.1 Å². The Kier molecular flexibility index (Phi) is 3.92. The van der Waals surface area contributed by atoms with E-state index in [0.717, 1.165) is 6.42 Å². The number of esters is 2. The van der Waals surface area contributed by atoms with Crippen LogP contribution in [0.3, 0.4) is 0 Å². The molecule has 1 aromatic carbocycles. The third-order valence-corrected chi connectivity index (χ3v) is 6.76. The summed E-state index contributed by atoms with van der Waals surface area (Å²) >= 11 is 9.33. The second kappa shape index (κ2) is 5.85. The molecule has 24 heavy (non-hydrogen) atoms. The van der Waals surface area contributed by atoms with Gasteiger partial charge < -0.3 is 9.47 Å². The summed E-state index contributed by atoms with van der Waals surface area (Å²) in [6.07, 6.45) is 0.647. The molecule has 0 aromatic heterocycles. The van der Waals surface area contributed by atoms with E-state index < -0.39 is 17.8 Å². The van der Waals surface area contributed by atoms with Crippen LogP contribution in [0.5, 0.6) is 0 Å². The summed E-state index contributed by atoms with van der Waals surface area (Å²) < 4.78 is 10.6. The van der Waals surface area contributed by atoms with Crippen LogP contribution >= 0.6 is 27.5 Å². The quantitative estimate of drug-likeness (QED) is 0.431. The van der Waals surface area contributed by atoms with Gasteiger partial charge in [-0.2, -0.15) is 0 Å². The second-order valence-electron chi connectivity index (χ2n) is 6.50. The highest BCUT2D eigenvalue weighted by Gasteiger charge is 2.68. The van der Waals surface area contributed by atoms with Crippen LogP contribution in [0.15, 0.2) is 24.3 Å². The number of carbonyl (C=O) groups excluding carboxylic acids is 3. The lowest BCUT2D eigenvalue weighted by Gasteiger charge is -2.26. The standard InChI is InChI=1S/C17H14BrClO5/c18-14-9-5-10-13(17(22)24-15(10)14)12(9)16(21)23-6-11(20)7-1-3-8(19)4-2-7/h1-4,9-10,12-15H,5-6H2/t9-,10-,12-,13+,14+,15+/m1/s1. The Balaban J connectivity index is 1.43. The van der Waals surface area contributed by atoms with Crippen molar-refractivity contribution in [2.24, 2.45) is 23.7 Å². The predicted molar refractivity (Wildman–Crippen MR) is 87.9 cm³/mol. The van der Waals surface area contributed by atoms with Gasteiger partial charge in [0.2, 0.25) is 0 Å². The van der Waals surface area contributed by atoms with Gasteiger partial charge >= 0.3 is 11.9 Å². The number of Topliss-reactive ketones (excluding diaryl/α,β-unsaturated/α-hetero) is 1. The summed E-state index contributed by atoms with van der Waals surface area (Å²) in [6, 6.07) is 6.39. The van der Waals surface area contributed by atoms with Gasteiger partial charge in [0.05, 0.1) is 16.7 Å². The molecule has 0 spiro atoms. The van der Waals surface area contributed by atoms with E-state index in [1.165, 1.54) is 0 Å². The van der Waals surface area contributed by atoms with Gasteiger partial charge in [0.25, 0.3) is 0 Å². The molecule has 2 saturated carbocycles. The van der Waals surface area contributed by atoms with Crippen LogP contribution in [0.1, 0.15) is 16.8 Å². The molecule has 3 aliphatic rings. The van der Waals surface area contributed by atoms with Crippen LogP contribution in [0.25, 0.3) is 0 Å². The molecule has 2 aliphatic carbocycles. The lowest BCUT2D eigenvalue weighted by atomic mass is 9.80. The fourth-order valence-corrected chi connectivity index (χ4v) is 5.42. The highest BCUT2D eigenvalue weighted by atomic mass is 79.9. The van der Waals surface area contributed by atoms with E-state index in [9.17, 15) is 14.4 Å². The number of benzene rings is 1. The minimum Gasteiger partial charge on any atom is -0.461 e. The first-order valence-electron chi connectivity index (χ1n) is 7.77. The molecule has 3 fully saturated rings. The lowest BCUT2D eigenvalue weighted by molar-refractivity contribution is -0.154. The zero-order chi connectivity index (χ0) is 17.0. The third-order valence-electron chi connectivity index (χ3n) is 5.31. The number of ketones is 1. The smallest absolute Gasteiger partial charge is 0.310 e. The first-order valence-corrected chi connectivity index (χ1v) is 9.06. The van der Waals surface area contributed by atoms with Gasteiger partial charge in [0.15, 0.2) is 12.4 Å². The molecule has 7 heteroatoms. The third kappa shape index (κ3) is 2.39. The predicted octanol–water partition coefficient (Wildman–Crippen LogP) is 2.64. The van der Waals surface area contributed by atoms with Gasteiger partial charge in [0.1, 0.15) is 6.10 Å². The molecule has 1 saturated heterocycles. The molecule has 5 nitrogen and oxygen atoms in total. The Morgan fingerprint density at radius 1 is 1.25 bits per heavy atom. The maximum absolute atomic E-state index is 12.5. The number of hydrogen-bond acceptors (Lipinski definition) is 5. The van der Waals surface area contributed by atoms with Gasteiger partial charge in [-0.3, -0.25) is 14.4 Å². The van der Waals surface area contributed by atoms with E-state index in [2.05, 4.69) is 15.9 Å². The molecule has 2 bridgehead atoms. The number of halogens is 2. The van der Waals surface area contributed by atoms with Crippen LogP contribution in [0.4, 0.5) is 0 Å². The highest BCUT2D eigenvalue weighted by Crippen LogP contribution is 2.60. The molecule has 1 aliphatic heterocycles. The highest BCUT2D eigenvalue weighted by molar-refractivity contribution is 9.09. The van der Waals surface area contributed by atoms with E-state index in [1.54, 1.807) is 24.3 Å². The van der Waals surface area contributed by atoms with Crippen molar-refractivity contribution in [2.45, 2.75) is 17.4 Å². The maximum Gasteiger partial charge on any atom is 0.310 e. The Hall–Kier alpha value is -1.40. The van der Waals surface area contributed by atoms with E-state index >= 15 is 0 Å². The van der Waals surface area contributed by atoms with Crippen molar-refractivity contribution < 1.29 is 23.9 Å². The van der Waals surface area contributed by atoms with E-state index in [-0.39, 0.29) is 41.1 Å². The first kappa shape index (κ1) is 16.1.